The zero-order valence-electron chi connectivity index (χ0n) is 16.0. The second-order valence-corrected chi connectivity index (χ2v) is 6.28. The van der Waals surface area contributed by atoms with Gasteiger partial charge in [0.1, 0.15) is 23.3 Å². The third kappa shape index (κ3) is 5.56. The van der Waals surface area contributed by atoms with Crippen molar-refractivity contribution < 1.29 is 4.39 Å². The molecular weight excluding hydrogens is 460 g/mol. The standard InChI is InChI=1S/C18H24FN7.HI/c1-24(2)18(25(3)4)22-11-5-6-16-15(12-20)17(21)26(23-16)14-9-7-13(19)8-10-14;/h7-10H,5-6,11,21H2,1-4H3;1H. The van der Waals surface area contributed by atoms with Gasteiger partial charge < -0.3 is 15.5 Å². The topological polar surface area (TPSA) is 86.5 Å². The van der Waals surface area contributed by atoms with E-state index in [4.69, 9.17) is 5.73 Å². The van der Waals surface area contributed by atoms with Crippen LogP contribution in [-0.4, -0.2) is 60.3 Å². The number of nitrogens with two attached hydrogens (primary N) is 1. The quantitative estimate of drug-likeness (QED) is 0.305. The lowest BCUT2D eigenvalue weighted by Crippen LogP contribution is -2.35. The summed E-state index contributed by atoms with van der Waals surface area (Å²) in [6.45, 7) is 0.611. The average Bonchev–Trinajstić information content (AvgIpc) is 2.90. The molecule has 0 radical (unpaired) electrons. The molecule has 2 aromatic rings. The van der Waals surface area contributed by atoms with Crippen molar-refractivity contribution in [3.8, 4) is 11.8 Å². The van der Waals surface area contributed by atoms with Crippen molar-refractivity contribution >= 4 is 35.8 Å². The highest BCUT2D eigenvalue weighted by Crippen LogP contribution is 2.21. The first-order valence-electron chi connectivity index (χ1n) is 8.27. The van der Waals surface area contributed by atoms with Crippen LogP contribution >= 0.6 is 24.0 Å². The fourth-order valence-corrected chi connectivity index (χ4v) is 2.66. The molecule has 0 fully saturated rings. The fraction of sp³-hybridized carbons (Fsp3) is 0.389. The van der Waals surface area contributed by atoms with Gasteiger partial charge in [-0.25, -0.2) is 9.07 Å². The maximum Gasteiger partial charge on any atom is 0.195 e. The molecule has 7 nitrogen and oxygen atoms in total. The van der Waals surface area contributed by atoms with Crippen molar-refractivity contribution in [3.63, 3.8) is 0 Å². The molecule has 27 heavy (non-hydrogen) atoms. The van der Waals surface area contributed by atoms with E-state index in [2.05, 4.69) is 16.2 Å². The third-order valence-electron chi connectivity index (χ3n) is 3.80. The van der Waals surface area contributed by atoms with Gasteiger partial charge in [0.2, 0.25) is 0 Å². The number of rotatable bonds is 5. The number of nitrogens with zero attached hydrogens (tertiary/aromatic N) is 6. The van der Waals surface area contributed by atoms with Crippen LogP contribution in [0.15, 0.2) is 29.3 Å². The van der Waals surface area contributed by atoms with Crippen LogP contribution < -0.4 is 5.73 Å². The minimum Gasteiger partial charge on any atom is -0.382 e. The molecule has 0 unspecified atom stereocenters. The lowest BCUT2D eigenvalue weighted by atomic mass is 10.1. The molecule has 0 saturated carbocycles. The molecule has 0 amide bonds. The lowest BCUT2D eigenvalue weighted by Gasteiger charge is -2.22. The first-order valence-corrected chi connectivity index (χ1v) is 8.27. The zero-order chi connectivity index (χ0) is 19.3. The van der Waals surface area contributed by atoms with Crippen LogP contribution in [0.1, 0.15) is 17.7 Å². The number of aliphatic imine (C=N–C) groups is 1. The minimum absolute atomic E-state index is 0. The summed E-state index contributed by atoms with van der Waals surface area (Å²) in [5.74, 6) is 0.803. The van der Waals surface area contributed by atoms with Crippen LogP contribution in [-0.2, 0) is 6.42 Å². The molecule has 1 heterocycles. The first-order chi connectivity index (χ1) is 12.3. The van der Waals surface area contributed by atoms with Crippen molar-refractivity contribution in [1.29, 1.82) is 5.26 Å². The molecule has 146 valence electrons. The molecule has 0 aliphatic rings. The van der Waals surface area contributed by atoms with E-state index in [-0.39, 0.29) is 35.6 Å². The Kier molecular flexibility index (Phi) is 8.49. The maximum absolute atomic E-state index is 13.1. The summed E-state index contributed by atoms with van der Waals surface area (Å²) in [5, 5.41) is 13.9. The summed E-state index contributed by atoms with van der Waals surface area (Å²) in [7, 11) is 7.77. The molecule has 2 N–H and O–H groups in total. The number of guanidine groups is 1. The number of hydrogen-bond acceptors (Lipinski definition) is 4. The summed E-state index contributed by atoms with van der Waals surface area (Å²) in [4.78, 5) is 8.46. The van der Waals surface area contributed by atoms with Crippen LogP contribution in [0.4, 0.5) is 10.2 Å². The first kappa shape index (κ1) is 22.7. The van der Waals surface area contributed by atoms with E-state index >= 15 is 0 Å². The van der Waals surface area contributed by atoms with E-state index in [1.54, 1.807) is 12.1 Å². The van der Waals surface area contributed by atoms with Crippen molar-refractivity contribution in [1.82, 2.24) is 19.6 Å². The minimum atomic E-state index is -0.337. The largest absolute Gasteiger partial charge is 0.382 e. The Balaban J connectivity index is 0.00000364. The van der Waals surface area contributed by atoms with Crippen LogP contribution in [0, 0.1) is 17.1 Å². The lowest BCUT2D eigenvalue weighted by molar-refractivity contribution is 0.479. The zero-order valence-corrected chi connectivity index (χ0v) is 18.3. The summed E-state index contributed by atoms with van der Waals surface area (Å²) in [5.41, 5.74) is 7.66. The molecule has 0 saturated heterocycles. The number of aryl methyl sites for hydroxylation is 1. The molecule has 0 atom stereocenters. The number of benzene rings is 1. The van der Waals surface area contributed by atoms with Gasteiger partial charge in [0, 0.05) is 34.7 Å². The second kappa shape index (κ2) is 10.1. The number of aromatic nitrogens is 2. The van der Waals surface area contributed by atoms with Crippen LogP contribution in [0.3, 0.4) is 0 Å². The Hall–Kier alpha value is -2.35. The van der Waals surface area contributed by atoms with Crippen molar-refractivity contribution in [2.75, 3.05) is 40.5 Å². The summed E-state index contributed by atoms with van der Waals surface area (Å²) in [6.07, 6.45) is 1.32. The summed E-state index contributed by atoms with van der Waals surface area (Å²) < 4.78 is 14.6. The Morgan fingerprint density at radius 3 is 2.33 bits per heavy atom. The predicted octanol–water partition coefficient (Wildman–Crippen LogP) is 2.50. The number of nitriles is 1. The van der Waals surface area contributed by atoms with E-state index in [1.807, 2.05) is 38.0 Å². The molecule has 9 heteroatoms. The highest BCUT2D eigenvalue weighted by atomic mass is 127. The van der Waals surface area contributed by atoms with E-state index < -0.39 is 0 Å². The molecule has 0 spiro atoms. The average molecular weight is 485 g/mol. The van der Waals surface area contributed by atoms with E-state index in [0.29, 0.717) is 29.9 Å². The number of anilines is 1. The van der Waals surface area contributed by atoms with E-state index in [9.17, 15) is 9.65 Å². The highest BCUT2D eigenvalue weighted by molar-refractivity contribution is 14.0. The van der Waals surface area contributed by atoms with Crippen LogP contribution in [0.5, 0.6) is 0 Å². The SMILES string of the molecule is CN(C)C(=NCCCc1nn(-c2ccc(F)cc2)c(N)c1C#N)N(C)C.I. The molecule has 0 bridgehead atoms. The Labute approximate surface area is 176 Å². The second-order valence-electron chi connectivity index (χ2n) is 6.28. The van der Waals surface area contributed by atoms with Crippen molar-refractivity contribution in [2.45, 2.75) is 12.8 Å². The number of halogens is 2. The molecular formula is C18H25FIN7. The number of nitrogen functional groups attached to an aromatic ring is 1. The van der Waals surface area contributed by atoms with E-state index in [0.717, 1.165) is 12.4 Å². The van der Waals surface area contributed by atoms with Crippen molar-refractivity contribution in [3.05, 3.63) is 41.3 Å². The van der Waals surface area contributed by atoms with Gasteiger partial charge in [0.05, 0.1) is 11.4 Å². The van der Waals surface area contributed by atoms with E-state index in [1.165, 1.54) is 16.8 Å². The molecule has 1 aromatic carbocycles. The fourth-order valence-electron chi connectivity index (χ4n) is 2.66. The normalized spacial score (nSPS) is 9.93. The summed E-state index contributed by atoms with van der Waals surface area (Å²) >= 11 is 0. The Bertz CT molecular complexity index is 809. The van der Waals surface area contributed by atoms with Gasteiger partial charge >= 0.3 is 0 Å². The van der Waals surface area contributed by atoms with Gasteiger partial charge in [-0.2, -0.15) is 10.4 Å². The Morgan fingerprint density at radius 2 is 1.81 bits per heavy atom. The molecule has 1 aromatic heterocycles. The van der Waals surface area contributed by atoms with Crippen LogP contribution in [0.25, 0.3) is 5.69 Å². The van der Waals surface area contributed by atoms with Crippen LogP contribution in [0.2, 0.25) is 0 Å². The molecule has 0 aliphatic carbocycles. The Morgan fingerprint density at radius 1 is 1.22 bits per heavy atom. The van der Waals surface area contributed by atoms with Crippen molar-refractivity contribution in [2.24, 2.45) is 4.99 Å². The predicted molar refractivity (Wildman–Crippen MR) is 116 cm³/mol. The van der Waals surface area contributed by atoms with Gasteiger partial charge in [-0.1, -0.05) is 0 Å². The maximum atomic E-state index is 13.1. The van der Waals surface area contributed by atoms with Gasteiger partial charge in [0.25, 0.3) is 0 Å². The highest BCUT2D eigenvalue weighted by Gasteiger charge is 2.16. The number of hydrogen-bond donors (Lipinski definition) is 1. The third-order valence-corrected chi connectivity index (χ3v) is 3.80. The van der Waals surface area contributed by atoms with Gasteiger partial charge in [-0.3, -0.25) is 4.99 Å². The van der Waals surface area contributed by atoms with Gasteiger partial charge in [-0.15, -0.1) is 24.0 Å². The monoisotopic (exact) mass is 485 g/mol. The smallest absolute Gasteiger partial charge is 0.195 e. The van der Waals surface area contributed by atoms with Gasteiger partial charge in [-0.05, 0) is 37.1 Å². The molecule has 0 aliphatic heterocycles. The molecule has 2 rings (SSSR count). The summed E-state index contributed by atoms with van der Waals surface area (Å²) in [6, 6.07) is 7.94. The van der Waals surface area contributed by atoms with Gasteiger partial charge in [0.15, 0.2) is 5.96 Å².